The fourth-order valence-electron chi connectivity index (χ4n) is 3.61. The average Bonchev–Trinajstić information content (AvgIpc) is 3.18. The normalized spacial score (nSPS) is 17.2. The monoisotopic (exact) mass is 409 g/mol. The van der Waals surface area contributed by atoms with E-state index in [0.29, 0.717) is 30.7 Å². The van der Waals surface area contributed by atoms with E-state index in [2.05, 4.69) is 23.5 Å². The second-order valence-electron chi connectivity index (χ2n) is 7.25. The Hall–Kier alpha value is -3.19. The highest BCUT2D eigenvalue weighted by atomic mass is 16.6. The summed E-state index contributed by atoms with van der Waals surface area (Å²) >= 11 is 0. The minimum Gasteiger partial charge on any atom is -0.399 e. The molecule has 1 aliphatic heterocycles. The zero-order valence-corrected chi connectivity index (χ0v) is 17.3. The lowest BCUT2D eigenvalue weighted by atomic mass is 9.99. The second-order valence-corrected chi connectivity index (χ2v) is 7.25. The lowest BCUT2D eigenvalue weighted by molar-refractivity contribution is -0.124. The van der Waals surface area contributed by atoms with Crippen molar-refractivity contribution in [3.8, 4) is 11.1 Å². The molecule has 7 nitrogen and oxygen atoms in total. The van der Waals surface area contributed by atoms with Crippen molar-refractivity contribution in [1.29, 1.82) is 0 Å². The van der Waals surface area contributed by atoms with E-state index in [1.807, 2.05) is 30.3 Å². The molecule has 0 aliphatic carbocycles. The van der Waals surface area contributed by atoms with Crippen molar-refractivity contribution in [3.63, 3.8) is 0 Å². The lowest BCUT2D eigenvalue weighted by Gasteiger charge is -2.23. The molecule has 30 heavy (non-hydrogen) atoms. The summed E-state index contributed by atoms with van der Waals surface area (Å²) in [5.74, 6) is -0.482. The number of amides is 2. The Morgan fingerprint density at radius 2 is 1.93 bits per heavy atom. The Morgan fingerprint density at radius 3 is 2.60 bits per heavy atom. The molecule has 2 N–H and O–H groups in total. The number of aliphatic hydroxyl groups is 1. The molecule has 158 valence electrons. The van der Waals surface area contributed by atoms with Crippen LogP contribution in [0.4, 0.5) is 0 Å². The highest BCUT2D eigenvalue weighted by molar-refractivity contribution is 6.05. The molecule has 0 spiro atoms. The zero-order valence-electron chi connectivity index (χ0n) is 17.3. The number of oxime groups is 1. The van der Waals surface area contributed by atoms with E-state index in [1.54, 1.807) is 12.1 Å². The van der Waals surface area contributed by atoms with Gasteiger partial charge in [-0.05, 0) is 42.2 Å². The first kappa shape index (κ1) is 21.5. The fraction of sp³-hybridized carbons (Fsp3) is 0.348. The number of hydrogen-bond acceptors (Lipinski definition) is 5. The van der Waals surface area contributed by atoms with Crippen LogP contribution >= 0.6 is 0 Å². The van der Waals surface area contributed by atoms with Crippen LogP contribution in [0, 0.1) is 6.92 Å². The standard InChI is InChI=1S/C23H27N3O4/c1-16-6-3-4-7-20(16)17-8-10-18(11-9-17)23(29)26-15-19(25-30-2)14-21(26)22(28)24-12-5-13-27/h3-4,6-11,21,27H,5,12-15H2,1-2H3,(H,24,28)/t21-/m0/s1. The van der Waals surface area contributed by atoms with Gasteiger partial charge in [-0.2, -0.15) is 0 Å². The number of hydrogen-bond donors (Lipinski definition) is 2. The van der Waals surface area contributed by atoms with Crippen LogP contribution in [-0.2, 0) is 9.63 Å². The van der Waals surface area contributed by atoms with Crippen molar-refractivity contribution in [2.24, 2.45) is 5.16 Å². The van der Waals surface area contributed by atoms with Gasteiger partial charge in [-0.15, -0.1) is 0 Å². The van der Waals surface area contributed by atoms with E-state index in [9.17, 15) is 9.59 Å². The van der Waals surface area contributed by atoms with Gasteiger partial charge in [0.1, 0.15) is 13.2 Å². The van der Waals surface area contributed by atoms with E-state index in [0.717, 1.165) is 16.7 Å². The van der Waals surface area contributed by atoms with Gasteiger partial charge in [0.05, 0.1) is 12.3 Å². The summed E-state index contributed by atoms with van der Waals surface area (Å²) in [6.45, 7) is 2.65. The maximum atomic E-state index is 13.2. The van der Waals surface area contributed by atoms with Crippen LogP contribution in [-0.4, -0.2) is 60.4 Å². The van der Waals surface area contributed by atoms with Crippen LogP contribution < -0.4 is 5.32 Å². The Bertz CT molecular complexity index is 924. The third kappa shape index (κ3) is 4.86. The Kier molecular flexibility index (Phi) is 7.19. The van der Waals surface area contributed by atoms with Crippen LogP contribution in [0.5, 0.6) is 0 Å². The molecule has 3 rings (SSSR count). The molecule has 7 heteroatoms. The molecular weight excluding hydrogens is 382 g/mol. The van der Waals surface area contributed by atoms with Crippen molar-refractivity contribution in [1.82, 2.24) is 10.2 Å². The topological polar surface area (TPSA) is 91.2 Å². The third-order valence-corrected chi connectivity index (χ3v) is 5.16. The quantitative estimate of drug-likeness (QED) is 0.543. The molecule has 1 fully saturated rings. The summed E-state index contributed by atoms with van der Waals surface area (Å²) in [7, 11) is 1.44. The number of likely N-dealkylation sites (tertiary alicyclic amines) is 1. The third-order valence-electron chi connectivity index (χ3n) is 5.16. The van der Waals surface area contributed by atoms with Gasteiger partial charge in [0.2, 0.25) is 5.91 Å². The molecule has 2 aromatic carbocycles. The van der Waals surface area contributed by atoms with Crippen LogP contribution in [0.25, 0.3) is 11.1 Å². The van der Waals surface area contributed by atoms with Crippen molar-refractivity contribution < 1.29 is 19.5 Å². The van der Waals surface area contributed by atoms with E-state index >= 15 is 0 Å². The maximum Gasteiger partial charge on any atom is 0.254 e. The molecule has 2 amide bonds. The van der Waals surface area contributed by atoms with E-state index < -0.39 is 6.04 Å². The van der Waals surface area contributed by atoms with E-state index in [-0.39, 0.29) is 25.0 Å². The fourth-order valence-corrected chi connectivity index (χ4v) is 3.61. The molecule has 2 aromatic rings. The second kappa shape index (κ2) is 10.0. The van der Waals surface area contributed by atoms with Gasteiger partial charge in [-0.3, -0.25) is 9.59 Å². The predicted octanol–water partition coefficient (Wildman–Crippen LogP) is 2.38. The summed E-state index contributed by atoms with van der Waals surface area (Å²) in [5.41, 5.74) is 4.47. The summed E-state index contributed by atoms with van der Waals surface area (Å²) in [5, 5.41) is 15.6. The number of carbonyl (C=O) groups excluding carboxylic acids is 2. The molecular formula is C23H27N3O4. The zero-order chi connectivity index (χ0) is 21.5. The summed E-state index contributed by atoms with van der Waals surface area (Å²) in [4.78, 5) is 32.1. The number of aliphatic hydroxyl groups excluding tert-OH is 1. The minimum atomic E-state index is -0.652. The first-order valence-electron chi connectivity index (χ1n) is 9.99. The van der Waals surface area contributed by atoms with Gasteiger partial charge < -0.3 is 20.2 Å². The van der Waals surface area contributed by atoms with Crippen LogP contribution in [0.2, 0.25) is 0 Å². The molecule has 1 heterocycles. The molecule has 1 atom stereocenters. The number of nitrogens with one attached hydrogen (secondary N) is 1. The van der Waals surface area contributed by atoms with Gasteiger partial charge >= 0.3 is 0 Å². The van der Waals surface area contributed by atoms with Gasteiger partial charge in [0.25, 0.3) is 5.91 Å². The Balaban J connectivity index is 1.79. The SMILES string of the molecule is CON=C1C[C@@H](C(=O)NCCCO)N(C(=O)c2ccc(-c3ccccc3C)cc2)C1. The Labute approximate surface area is 176 Å². The van der Waals surface area contributed by atoms with Gasteiger partial charge in [-0.1, -0.05) is 41.6 Å². The van der Waals surface area contributed by atoms with Crippen molar-refractivity contribution in [3.05, 3.63) is 59.7 Å². The smallest absolute Gasteiger partial charge is 0.254 e. The van der Waals surface area contributed by atoms with Gasteiger partial charge in [-0.25, -0.2) is 0 Å². The number of benzene rings is 2. The number of aryl methyl sites for hydroxylation is 1. The molecule has 0 saturated carbocycles. The largest absolute Gasteiger partial charge is 0.399 e. The van der Waals surface area contributed by atoms with Crippen LogP contribution in [0.15, 0.2) is 53.7 Å². The highest BCUT2D eigenvalue weighted by Crippen LogP contribution is 2.25. The first-order chi connectivity index (χ1) is 14.5. The van der Waals surface area contributed by atoms with Crippen molar-refractivity contribution in [2.75, 3.05) is 26.8 Å². The summed E-state index contributed by atoms with van der Waals surface area (Å²) in [6, 6.07) is 14.9. The van der Waals surface area contributed by atoms with Crippen LogP contribution in [0.3, 0.4) is 0 Å². The number of carbonyl (C=O) groups is 2. The molecule has 0 radical (unpaired) electrons. The van der Waals surface area contributed by atoms with Gasteiger partial charge in [0, 0.05) is 25.1 Å². The molecule has 1 aliphatic rings. The summed E-state index contributed by atoms with van der Waals surface area (Å²) in [6.07, 6.45) is 0.789. The number of nitrogens with zero attached hydrogens (tertiary/aromatic N) is 2. The molecule has 1 saturated heterocycles. The first-order valence-corrected chi connectivity index (χ1v) is 9.99. The molecule has 0 unspecified atom stereocenters. The van der Waals surface area contributed by atoms with Crippen molar-refractivity contribution in [2.45, 2.75) is 25.8 Å². The van der Waals surface area contributed by atoms with Gasteiger partial charge in [0.15, 0.2) is 0 Å². The molecule has 0 aromatic heterocycles. The van der Waals surface area contributed by atoms with Crippen molar-refractivity contribution >= 4 is 17.5 Å². The minimum absolute atomic E-state index is 0.00277. The highest BCUT2D eigenvalue weighted by Gasteiger charge is 2.38. The van der Waals surface area contributed by atoms with E-state index in [1.165, 1.54) is 12.0 Å². The van der Waals surface area contributed by atoms with E-state index in [4.69, 9.17) is 9.94 Å². The Morgan fingerprint density at radius 1 is 1.20 bits per heavy atom. The average molecular weight is 409 g/mol. The molecule has 0 bridgehead atoms. The summed E-state index contributed by atoms with van der Waals surface area (Å²) < 4.78 is 0. The van der Waals surface area contributed by atoms with Crippen LogP contribution in [0.1, 0.15) is 28.8 Å². The number of rotatable bonds is 7. The predicted molar refractivity (Wildman–Crippen MR) is 115 cm³/mol. The lowest BCUT2D eigenvalue weighted by Crippen LogP contribution is -2.46. The maximum absolute atomic E-state index is 13.2.